The van der Waals surface area contributed by atoms with Crippen LogP contribution in [0, 0.1) is 0 Å². The molecule has 9 aromatic carbocycles. The number of fused-ring (bicyclic) bond motifs is 6. The van der Waals surface area contributed by atoms with E-state index >= 15 is 0 Å². The Morgan fingerprint density at radius 3 is 1.56 bits per heavy atom. The molecule has 0 spiro atoms. The van der Waals surface area contributed by atoms with Crippen LogP contribution in [0.15, 0.2) is 205 Å². The lowest BCUT2D eigenvalue weighted by Gasteiger charge is -2.27. The summed E-state index contributed by atoms with van der Waals surface area (Å²) in [6.07, 6.45) is 0. The standard InChI is InChI=1S/C50H33NO/c1-4-13-34(14-5-1)43-29-27-40(32-46(43)36-17-8-3-9-18-36)51(39-26-25-38-24-23-37-19-10-11-20-42(37)47(38)31-39)41-28-30-49-48(33-41)45-22-12-21-44(50(45)52-49)35-15-6-2-7-16-35/h1-33H. The van der Waals surface area contributed by atoms with Crippen molar-refractivity contribution in [2.45, 2.75) is 0 Å². The first kappa shape index (κ1) is 30.0. The molecule has 2 heteroatoms. The Balaban J connectivity index is 1.22. The molecule has 0 aliphatic carbocycles. The van der Waals surface area contributed by atoms with Gasteiger partial charge in [0.2, 0.25) is 0 Å². The fourth-order valence-corrected chi connectivity index (χ4v) is 7.74. The summed E-state index contributed by atoms with van der Waals surface area (Å²) < 4.78 is 6.61. The number of hydrogen-bond acceptors (Lipinski definition) is 2. The van der Waals surface area contributed by atoms with Gasteiger partial charge in [-0.3, -0.25) is 0 Å². The molecule has 0 amide bonds. The third-order valence-corrected chi connectivity index (χ3v) is 10.2. The fraction of sp³-hybridized carbons (Fsp3) is 0. The molecule has 10 rings (SSSR count). The van der Waals surface area contributed by atoms with Crippen LogP contribution in [0.4, 0.5) is 17.1 Å². The Bertz CT molecular complexity index is 2890. The van der Waals surface area contributed by atoms with E-state index in [1.54, 1.807) is 0 Å². The van der Waals surface area contributed by atoms with Crippen molar-refractivity contribution in [1.29, 1.82) is 0 Å². The van der Waals surface area contributed by atoms with E-state index in [1.807, 2.05) is 6.07 Å². The van der Waals surface area contributed by atoms with E-state index in [4.69, 9.17) is 4.42 Å². The van der Waals surface area contributed by atoms with Crippen LogP contribution < -0.4 is 4.90 Å². The topological polar surface area (TPSA) is 16.4 Å². The second-order valence-electron chi connectivity index (χ2n) is 13.3. The molecule has 2 nitrogen and oxygen atoms in total. The molecule has 0 fully saturated rings. The normalized spacial score (nSPS) is 11.5. The molecular formula is C50H33NO. The maximum atomic E-state index is 6.61. The van der Waals surface area contributed by atoms with Gasteiger partial charge >= 0.3 is 0 Å². The predicted octanol–water partition coefficient (Wildman–Crippen LogP) is 14.4. The number of hydrogen-bond donors (Lipinski definition) is 0. The van der Waals surface area contributed by atoms with Gasteiger partial charge in [0.25, 0.3) is 0 Å². The van der Waals surface area contributed by atoms with Gasteiger partial charge in [-0.2, -0.15) is 0 Å². The van der Waals surface area contributed by atoms with Crippen molar-refractivity contribution in [3.05, 3.63) is 200 Å². The van der Waals surface area contributed by atoms with Gasteiger partial charge in [-0.1, -0.05) is 158 Å². The molecule has 0 saturated carbocycles. The summed E-state index contributed by atoms with van der Waals surface area (Å²) in [6.45, 7) is 0. The summed E-state index contributed by atoms with van der Waals surface area (Å²) in [5.41, 5.74) is 12.0. The molecule has 0 unspecified atom stereocenters. The van der Waals surface area contributed by atoms with Gasteiger partial charge in [0, 0.05) is 33.4 Å². The van der Waals surface area contributed by atoms with Crippen molar-refractivity contribution in [2.24, 2.45) is 0 Å². The highest BCUT2D eigenvalue weighted by molar-refractivity contribution is 6.12. The number of furan rings is 1. The second-order valence-corrected chi connectivity index (χ2v) is 13.3. The number of nitrogens with zero attached hydrogens (tertiary/aromatic N) is 1. The SMILES string of the molecule is c1ccc(-c2ccc(N(c3ccc4ccc5ccccc5c4c3)c3ccc4oc5c(-c6ccccc6)cccc5c4c3)cc2-c2ccccc2)cc1. The molecule has 1 heterocycles. The molecule has 52 heavy (non-hydrogen) atoms. The van der Waals surface area contributed by atoms with Crippen molar-refractivity contribution in [2.75, 3.05) is 4.90 Å². The monoisotopic (exact) mass is 663 g/mol. The molecule has 0 bridgehead atoms. The van der Waals surface area contributed by atoms with Gasteiger partial charge < -0.3 is 9.32 Å². The molecule has 0 aliphatic rings. The van der Waals surface area contributed by atoms with E-state index in [9.17, 15) is 0 Å². The van der Waals surface area contributed by atoms with E-state index in [0.29, 0.717) is 0 Å². The number of benzene rings is 9. The predicted molar refractivity (Wildman–Crippen MR) is 220 cm³/mol. The molecule has 0 saturated heterocycles. The van der Waals surface area contributed by atoms with Gasteiger partial charge in [-0.05, 0) is 91.8 Å². The maximum absolute atomic E-state index is 6.61. The highest BCUT2D eigenvalue weighted by Gasteiger charge is 2.20. The first-order valence-corrected chi connectivity index (χ1v) is 17.8. The Labute approximate surface area is 302 Å². The van der Waals surface area contributed by atoms with Crippen molar-refractivity contribution in [3.63, 3.8) is 0 Å². The number of rotatable bonds is 6. The third kappa shape index (κ3) is 5.12. The molecule has 0 atom stereocenters. The Morgan fingerprint density at radius 2 is 0.827 bits per heavy atom. The smallest absolute Gasteiger partial charge is 0.143 e. The lowest BCUT2D eigenvalue weighted by molar-refractivity contribution is 0.670. The first-order chi connectivity index (χ1) is 25.8. The van der Waals surface area contributed by atoms with Crippen molar-refractivity contribution >= 4 is 60.5 Å². The molecule has 1 aromatic heterocycles. The summed E-state index contributed by atoms with van der Waals surface area (Å²) in [5.74, 6) is 0. The van der Waals surface area contributed by atoms with Crippen LogP contribution in [0.5, 0.6) is 0 Å². The molecule has 244 valence electrons. The minimum atomic E-state index is 0.871. The lowest BCUT2D eigenvalue weighted by Crippen LogP contribution is -2.10. The molecule has 10 aromatic rings. The van der Waals surface area contributed by atoms with Crippen LogP contribution in [-0.4, -0.2) is 0 Å². The quantitative estimate of drug-likeness (QED) is 0.165. The van der Waals surface area contributed by atoms with Crippen LogP contribution in [-0.2, 0) is 0 Å². The first-order valence-electron chi connectivity index (χ1n) is 17.8. The summed E-state index contributed by atoms with van der Waals surface area (Å²) in [4.78, 5) is 2.39. The summed E-state index contributed by atoms with van der Waals surface area (Å²) in [6, 6.07) is 71.7. The van der Waals surface area contributed by atoms with Gasteiger partial charge in [-0.25, -0.2) is 0 Å². The van der Waals surface area contributed by atoms with Crippen LogP contribution in [0.3, 0.4) is 0 Å². The van der Waals surface area contributed by atoms with Crippen molar-refractivity contribution < 1.29 is 4.42 Å². The number of anilines is 3. The van der Waals surface area contributed by atoms with E-state index in [-0.39, 0.29) is 0 Å². The maximum Gasteiger partial charge on any atom is 0.143 e. The zero-order chi connectivity index (χ0) is 34.4. The summed E-state index contributed by atoms with van der Waals surface area (Å²) >= 11 is 0. The van der Waals surface area contributed by atoms with Gasteiger partial charge in [0.15, 0.2) is 0 Å². The molecule has 0 radical (unpaired) electrons. The Kier molecular flexibility index (Phi) is 7.18. The van der Waals surface area contributed by atoms with Gasteiger partial charge in [0.05, 0.1) is 0 Å². The van der Waals surface area contributed by atoms with Gasteiger partial charge in [0.1, 0.15) is 11.2 Å². The van der Waals surface area contributed by atoms with E-state index in [1.165, 1.54) is 43.8 Å². The van der Waals surface area contributed by atoms with Crippen molar-refractivity contribution in [1.82, 2.24) is 0 Å². The van der Waals surface area contributed by atoms with E-state index < -0.39 is 0 Å². The second kappa shape index (κ2) is 12.5. The average Bonchev–Trinajstić information content (AvgIpc) is 3.60. The highest BCUT2D eigenvalue weighted by Crippen LogP contribution is 2.44. The van der Waals surface area contributed by atoms with Crippen LogP contribution in [0.1, 0.15) is 0 Å². The zero-order valence-electron chi connectivity index (χ0n) is 28.4. The highest BCUT2D eigenvalue weighted by atomic mass is 16.3. The minimum absolute atomic E-state index is 0.871. The average molecular weight is 664 g/mol. The van der Waals surface area contributed by atoms with Crippen LogP contribution in [0.2, 0.25) is 0 Å². The van der Waals surface area contributed by atoms with Crippen LogP contribution in [0.25, 0.3) is 76.9 Å². The van der Waals surface area contributed by atoms with Gasteiger partial charge in [-0.15, -0.1) is 0 Å². The molecule has 0 N–H and O–H groups in total. The zero-order valence-corrected chi connectivity index (χ0v) is 28.4. The fourth-order valence-electron chi connectivity index (χ4n) is 7.74. The third-order valence-electron chi connectivity index (χ3n) is 10.2. The van der Waals surface area contributed by atoms with Crippen molar-refractivity contribution in [3.8, 4) is 33.4 Å². The Morgan fingerprint density at radius 1 is 0.308 bits per heavy atom. The number of para-hydroxylation sites is 1. The minimum Gasteiger partial charge on any atom is -0.455 e. The largest absolute Gasteiger partial charge is 0.455 e. The molecule has 0 aliphatic heterocycles. The Hall–Kier alpha value is -6.90. The summed E-state index contributed by atoms with van der Waals surface area (Å²) in [7, 11) is 0. The summed E-state index contributed by atoms with van der Waals surface area (Å²) in [5, 5.41) is 7.12. The molecular weight excluding hydrogens is 631 g/mol. The van der Waals surface area contributed by atoms with E-state index in [2.05, 4.69) is 199 Å². The van der Waals surface area contributed by atoms with Crippen LogP contribution >= 0.6 is 0 Å². The lowest BCUT2D eigenvalue weighted by atomic mass is 9.93. The van der Waals surface area contributed by atoms with E-state index in [0.717, 1.165) is 50.1 Å².